The van der Waals surface area contributed by atoms with E-state index in [9.17, 15) is 14.7 Å². The highest BCUT2D eigenvalue weighted by Gasteiger charge is 2.29. The van der Waals surface area contributed by atoms with Crippen molar-refractivity contribution in [1.82, 2.24) is 10.3 Å². The standard InChI is InChI=1S/C23H20N2O4/c26-22(27)21(13-15-9-11-24-12-10-15)25-23(28)29-14-20-18-7-3-1-5-16(18)17-6-2-4-8-19(17)20/h1-12,20-21H,13-14H2,(H,25,28)(H,26,27)/p-1/t21-/m1/s1. The molecule has 0 aliphatic heterocycles. The number of alkyl carbamates (subject to hydrolysis) is 1. The van der Waals surface area contributed by atoms with Crippen molar-refractivity contribution in [2.45, 2.75) is 18.4 Å². The molecule has 3 aromatic rings. The number of aliphatic carboxylic acids is 1. The van der Waals surface area contributed by atoms with E-state index in [1.807, 2.05) is 36.4 Å². The molecule has 0 fully saturated rings. The van der Waals surface area contributed by atoms with Crippen molar-refractivity contribution in [2.24, 2.45) is 0 Å². The number of ether oxygens (including phenoxy) is 1. The zero-order valence-corrected chi connectivity index (χ0v) is 15.6. The quantitative estimate of drug-likeness (QED) is 0.701. The Kier molecular flexibility index (Phi) is 5.24. The molecular formula is C23H19N2O4-. The number of fused-ring (bicyclic) bond motifs is 3. The van der Waals surface area contributed by atoms with Crippen LogP contribution in [0.5, 0.6) is 0 Å². The summed E-state index contributed by atoms with van der Waals surface area (Å²) in [6.45, 7) is 0.120. The van der Waals surface area contributed by atoms with Gasteiger partial charge in [-0.25, -0.2) is 4.79 Å². The fourth-order valence-corrected chi connectivity index (χ4v) is 3.73. The molecule has 0 radical (unpaired) electrons. The van der Waals surface area contributed by atoms with E-state index >= 15 is 0 Å². The van der Waals surface area contributed by atoms with Crippen molar-refractivity contribution in [3.8, 4) is 11.1 Å². The molecule has 0 saturated heterocycles. The molecule has 146 valence electrons. The zero-order chi connectivity index (χ0) is 20.2. The molecule has 0 bridgehead atoms. The number of carbonyl (C=O) groups excluding carboxylic acids is 2. The molecule has 1 aliphatic carbocycles. The summed E-state index contributed by atoms with van der Waals surface area (Å²) in [6.07, 6.45) is 2.44. The minimum atomic E-state index is -1.37. The number of hydrogen-bond donors (Lipinski definition) is 1. The number of amides is 1. The van der Waals surface area contributed by atoms with Crippen LogP contribution in [-0.4, -0.2) is 29.7 Å². The first-order valence-corrected chi connectivity index (χ1v) is 9.35. The average Bonchev–Trinajstić information content (AvgIpc) is 3.06. The Morgan fingerprint density at radius 2 is 1.55 bits per heavy atom. The molecule has 0 unspecified atom stereocenters. The number of carboxylic acid groups (broad SMARTS) is 1. The lowest BCUT2D eigenvalue weighted by atomic mass is 9.98. The van der Waals surface area contributed by atoms with Crippen LogP contribution in [0.1, 0.15) is 22.6 Å². The molecule has 1 aromatic heterocycles. The van der Waals surface area contributed by atoms with E-state index in [-0.39, 0.29) is 18.9 Å². The van der Waals surface area contributed by atoms with E-state index in [0.29, 0.717) is 0 Å². The molecule has 1 aliphatic rings. The minimum absolute atomic E-state index is 0.0882. The second-order valence-electron chi connectivity index (χ2n) is 6.90. The maximum atomic E-state index is 12.3. The first-order valence-electron chi connectivity index (χ1n) is 9.35. The highest BCUT2D eigenvalue weighted by Crippen LogP contribution is 2.44. The van der Waals surface area contributed by atoms with Crippen LogP contribution in [-0.2, 0) is 16.0 Å². The Balaban J connectivity index is 1.43. The number of aromatic nitrogens is 1. The van der Waals surface area contributed by atoms with Crippen molar-refractivity contribution in [3.05, 3.63) is 89.7 Å². The third-order valence-electron chi connectivity index (χ3n) is 5.11. The summed E-state index contributed by atoms with van der Waals surface area (Å²) in [6, 6.07) is 18.2. The smallest absolute Gasteiger partial charge is 0.407 e. The molecule has 0 saturated carbocycles. The zero-order valence-electron chi connectivity index (χ0n) is 15.6. The predicted molar refractivity (Wildman–Crippen MR) is 105 cm³/mol. The van der Waals surface area contributed by atoms with E-state index in [1.165, 1.54) is 0 Å². The van der Waals surface area contributed by atoms with Gasteiger partial charge in [-0.15, -0.1) is 0 Å². The SMILES string of the molecule is O=C(N[C@H](Cc1ccncc1)C(=O)[O-])OCC1c2ccccc2-c2ccccc21. The molecule has 2 aromatic carbocycles. The molecule has 4 rings (SSSR count). The molecule has 1 heterocycles. The molecule has 1 atom stereocenters. The van der Waals surface area contributed by atoms with Gasteiger partial charge >= 0.3 is 6.09 Å². The van der Waals surface area contributed by atoms with Crippen molar-refractivity contribution < 1.29 is 19.4 Å². The second kappa shape index (κ2) is 8.14. The fourth-order valence-electron chi connectivity index (χ4n) is 3.73. The van der Waals surface area contributed by atoms with Crippen LogP contribution < -0.4 is 10.4 Å². The number of benzene rings is 2. The summed E-state index contributed by atoms with van der Waals surface area (Å²) in [4.78, 5) is 27.6. The first-order chi connectivity index (χ1) is 14.1. The number of hydrogen-bond acceptors (Lipinski definition) is 5. The number of carboxylic acids is 1. The van der Waals surface area contributed by atoms with Gasteiger partial charge in [0.05, 0.1) is 12.0 Å². The van der Waals surface area contributed by atoms with Gasteiger partial charge in [-0.1, -0.05) is 48.5 Å². The van der Waals surface area contributed by atoms with Crippen LogP contribution in [0.2, 0.25) is 0 Å². The third-order valence-corrected chi connectivity index (χ3v) is 5.11. The summed E-state index contributed by atoms with van der Waals surface area (Å²) < 4.78 is 5.40. The summed E-state index contributed by atoms with van der Waals surface area (Å²) in [7, 11) is 0. The largest absolute Gasteiger partial charge is 0.548 e. The number of nitrogens with one attached hydrogen (secondary N) is 1. The molecule has 6 nitrogen and oxygen atoms in total. The highest BCUT2D eigenvalue weighted by atomic mass is 16.5. The Morgan fingerprint density at radius 1 is 0.966 bits per heavy atom. The number of rotatable bonds is 6. The fraction of sp³-hybridized carbons (Fsp3) is 0.174. The van der Waals surface area contributed by atoms with Crippen molar-refractivity contribution in [3.63, 3.8) is 0 Å². The predicted octanol–water partition coefficient (Wildman–Crippen LogP) is 2.28. The van der Waals surface area contributed by atoms with E-state index < -0.39 is 18.1 Å². The minimum Gasteiger partial charge on any atom is -0.548 e. The highest BCUT2D eigenvalue weighted by molar-refractivity contribution is 5.80. The Bertz CT molecular complexity index is 990. The summed E-state index contributed by atoms with van der Waals surface area (Å²) in [5, 5.41) is 13.8. The lowest BCUT2D eigenvalue weighted by molar-refractivity contribution is -0.308. The summed E-state index contributed by atoms with van der Waals surface area (Å²) in [5.74, 6) is -1.45. The second-order valence-corrected chi connectivity index (χ2v) is 6.90. The van der Waals surface area contributed by atoms with Gasteiger partial charge < -0.3 is 20.0 Å². The molecule has 29 heavy (non-hydrogen) atoms. The normalized spacial score (nSPS) is 13.2. The maximum absolute atomic E-state index is 12.3. The monoisotopic (exact) mass is 387 g/mol. The van der Waals surface area contributed by atoms with Crippen LogP contribution >= 0.6 is 0 Å². The number of carbonyl (C=O) groups is 2. The maximum Gasteiger partial charge on any atom is 0.407 e. The van der Waals surface area contributed by atoms with Gasteiger partial charge in [-0.3, -0.25) is 4.98 Å². The van der Waals surface area contributed by atoms with E-state index in [1.54, 1.807) is 24.5 Å². The van der Waals surface area contributed by atoms with Gasteiger partial charge in [0.25, 0.3) is 0 Å². The Hall–Kier alpha value is -3.67. The van der Waals surface area contributed by atoms with Crippen LogP contribution in [0.25, 0.3) is 11.1 Å². The van der Waals surface area contributed by atoms with Crippen LogP contribution in [0.3, 0.4) is 0 Å². The molecule has 1 N–H and O–H groups in total. The van der Waals surface area contributed by atoms with Gasteiger partial charge in [0, 0.05) is 18.3 Å². The molecule has 1 amide bonds. The average molecular weight is 387 g/mol. The van der Waals surface area contributed by atoms with E-state index in [4.69, 9.17) is 4.74 Å². The van der Waals surface area contributed by atoms with Gasteiger partial charge in [-0.2, -0.15) is 0 Å². The lowest BCUT2D eigenvalue weighted by Crippen LogP contribution is -2.49. The lowest BCUT2D eigenvalue weighted by Gasteiger charge is -2.20. The van der Waals surface area contributed by atoms with Gasteiger partial charge in [-0.05, 0) is 46.4 Å². The summed E-state index contributed by atoms with van der Waals surface area (Å²) >= 11 is 0. The number of nitrogens with zero attached hydrogens (tertiary/aromatic N) is 1. The molecule has 0 spiro atoms. The van der Waals surface area contributed by atoms with Crippen molar-refractivity contribution >= 4 is 12.1 Å². The van der Waals surface area contributed by atoms with Gasteiger partial charge in [0.15, 0.2) is 0 Å². The van der Waals surface area contributed by atoms with E-state index in [2.05, 4.69) is 22.4 Å². The van der Waals surface area contributed by atoms with Crippen LogP contribution in [0, 0.1) is 0 Å². The van der Waals surface area contributed by atoms with Crippen molar-refractivity contribution in [2.75, 3.05) is 6.61 Å². The molecule has 6 heteroatoms. The van der Waals surface area contributed by atoms with Crippen LogP contribution in [0.4, 0.5) is 4.79 Å². The van der Waals surface area contributed by atoms with Gasteiger partial charge in [0.2, 0.25) is 0 Å². The van der Waals surface area contributed by atoms with Crippen molar-refractivity contribution in [1.29, 1.82) is 0 Å². The summed E-state index contributed by atoms with van der Waals surface area (Å²) in [5.41, 5.74) is 5.17. The Morgan fingerprint density at radius 3 is 2.14 bits per heavy atom. The third kappa shape index (κ3) is 3.96. The topological polar surface area (TPSA) is 91.4 Å². The first kappa shape index (κ1) is 18.7. The van der Waals surface area contributed by atoms with E-state index in [0.717, 1.165) is 27.8 Å². The van der Waals surface area contributed by atoms with Crippen LogP contribution in [0.15, 0.2) is 73.1 Å². The molecular weight excluding hydrogens is 368 g/mol. The van der Waals surface area contributed by atoms with Gasteiger partial charge in [0.1, 0.15) is 6.61 Å². The number of pyridine rings is 1. The Labute approximate surface area is 168 Å².